The number of hydrogen-bond acceptors (Lipinski definition) is 4. The van der Waals surface area contributed by atoms with Crippen LogP contribution in [0, 0.1) is 37.3 Å². The number of aromatic nitrogens is 2. The molecule has 0 unspecified atom stereocenters. The summed E-state index contributed by atoms with van der Waals surface area (Å²) in [4.78, 5) is 18.3. The average molecular weight is 484 g/mol. The second-order valence-electron chi connectivity index (χ2n) is 7.96. The van der Waals surface area contributed by atoms with Gasteiger partial charge in [0.05, 0.1) is 23.8 Å². The van der Waals surface area contributed by atoms with Crippen molar-refractivity contribution in [1.82, 2.24) is 9.97 Å². The molecule has 0 saturated carbocycles. The van der Waals surface area contributed by atoms with Crippen molar-refractivity contribution >= 4 is 16.7 Å². The number of aromatic amines is 2. The molecule has 0 spiro atoms. The summed E-state index contributed by atoms with van der Waals surface area (Å²) in [5.74, 6) is -1.45. The zero-order valence-electron chi connectivity index (χ0n) is 19.6. The smallest absolute Gasteiger partial charge is 0.323 e. The number of imidazole rings is 1. The third-order valence-corrected chi connectivity index (χ3v) is 5.81. The summed E-state index contributed by atoms with van der Waals surface area (Å²) in [6.45, 7) is 3.06. The number of halogens is 2. The van der Waals surface area contributed by atoms with Gasteiger partial charge in [0.1, 0.15) is 11.3 Å². The normalized spacial score (nSPS) is 16.8. The number of nitrogens with one attached hydrogen (secondary N) is 2. The first kappa shape index (κ1) is 27.7. The number of rotatable bonds is 3. The molecular formula is C27H31F2N3O3. The van der Waals surface area contributed by atoms with Crippen LogP contribution in [0.1, 0.15) is 32.1 Å². The molecule has 0 radical (unpaired) electrons. The van der Waals surface area contributed by atoms with Crippen LogP contribution in [0.4, 0.5) is 14.5 Å². The Bertz CT molecular complexity index is 1150. The van der Waals surface area contributed by atoms with Gasteiger partial charge < -0.3 is 24.7 Å². The Morgan fingerprint density at radius 1 is 1.00 bits per heavy atom. The fourth-order valence-corrected chi connectivity index (χ4v) is 4.14. The van der Waals surface area contributed by atoms with Crippen LogP contribution >= 0.6 is 0 Å². The molecule has 0 amide bonds. The number of aliphatic hydroxyl groups is 1. The second-order valence-corrected chi connectivity index (χ2v) is 7.96. The molecule has 8 heteroatoms. The highest BCUT2D eigenvalue weighted by Crippen LogP contribution is 2.32. The molecule has 5 rings (SSSR count). The molecule has 0 bridgehead atoms. The first-order chi connectivity index (χ1) is 17.1. The molecule has 2 aromatic carbocycles. The monoisotopic (exact) mass is 483 g/mol. The summed E-state index contributed by atoms with van der Waals surface area (Å²) < 4.78 is 34.1. The fraction of sp³-hybridized carbons (Fsp3) is 0.370. The Balaban J connectivity index is 0.000000303. The Morgan fingerprint density at radius 2 is 1.66 bits per heavy atom. The van der Waals surface area contributed by atoms with E-state index in [1.54, 1.807) is 12.1 Å². The summed E-state index contributed by atoms with van der Waals surface area (Å²) in [6, 6.07) is 8.32. The van der Waals surface area contributed by atoms with Crippen molar-refractivity contribution in [1.29, 1.82) is 0 Å². The summed E-state index contributed by atoms with van der Waals surface area (Å²) >= 11 is 0. The summed E-state index contributed by atoms with van der Waals surface area (Å²) in [5.41, 5.74) is 0.952. The van der Waals surface area contributed by atoms with Crippen LogP contribution in [0.5, 0.6) is 0 Å². The molecule has 2 aliphatic rings. The molecule has 2 fully saturated rings. The maximum absolute atomic E-state index is 14.6. The predicted molar refractivity (Wildman–Crippen MR) is 136 cm³/mol. The number of hydrogen-bond donors (Lipinski definition) is 3. The third kappa shape index (κ3) is 6.95. The van der Waals surface area contributed by atoms with Gasteiger partial charge in [-0.3, -0.25) is 0 Å². The largest absolute Gasteiger partial charge is 0.394 e. The number of anilines is 1. The molecule has 3 heterocycles. The molecule has 6 nitrogen and oxygen atoms in total. The Morgan fingerprint density at radius 3 is 2.20 bits per heavy atom. The Kier molecular flexibility index (Phi) is 11.0. The number of ether oxygens (including phenoxy) is 1. The van der Waals surface area contributed by atoms with E-state index in [4.69, 9.17) is 9.84 Å². The zero-order chi connectivity index (χ0) is 25.8. The minimum absolute atomic E-state index is 0.00461. The molecule has 3 aromatic rings. The average Bonchev–Trinajstić information content (AvgIpc) is 3.58. The fourth-order valence-electron chi connectivity index (χ4n) is 4.14. The van der Waals surface area contributed by atoms with Gasteiger partial charge in [-0.05, 0) is 49.8 Å². The lowest BCUT2D eigenvalue weighted by Gasteiger charge is -2.19. The van der Waals surface area contributed by atoms with E-state index < -0.39 is 17.3 Å². The second kappa shape index (κ2) is 14.0. The van der Waals surface area contributed by atoms with Gasteiger partial charge in [0.15, 0.2) is 5.82 Å². The molecule has 0 aliphatic carbocycles. The summed E-state index contributed by atoms with van der Waals surface area (Å²) in [5, 5.41) is 8.57. The lowest BCUT2D eigenvalue weighted by Crippen LogP contribution is -2.22. The van der Waals surface area contributed by atoms with Crippen molar-refractivity contribution in [2.24, 2.45) is 0 Å². The van der Waals surface area contributed by atoms with Gasteiger partial charge >= 0.3 is 5.69 Å². The maximum Gasteiger partial charge on any atom is 0.323 e. The molecule has 3 N–H and O–H groups in total. The van der Waals surface area contributed by atoms with Gasteiger partial charge in [-0.25, -0.2) is 13.6 Å². The molecule has 186 valence electrons. The minimum atomic E-state index is -0.757. The van der Waals surface area contributed by atoms with E-state index in [2.05, 4.69) is 40.6 Å². The quantitative estimate of drug-likeness (QED) is 0.481. The van der Waals surface area contributed by atoms with Crippen LogP contribution in [0.2, 0.25) is 0 Å². The third-order valence-electron chi connectivity index (χ3n) is 5.81. The molecule has 2 saturated heterocycles. The first-order valence-electron chi connectivity index (χ1n) is 11.4. The van der Waals surface area contributed by atoms with Crippen LogP contribution in [-0.4, -0.2) is 47.5 Å². The van der Waals surface area contributed by atoms with Crippen LogP contribution in [-0.2, 0) is 4.74 Å². The number of terminal acetylenes is 2. The summed E-state index contributed by atoms with van der Waals surface area (Å²) in [6.07, 6.45) is 21.9. The summed E-state index contributed by atoms with van der Waals surface area (Å²) in [7, 11) is 0. The van der Waals surface area contributed by atoms with E-state index in [-0.39, 0.29) is 29.3 Å². The van der Waals surface area contributed by atoms with Crippen molar-refractivity contribution in [3.05, 3.63) is 52.5 Å². The SMILES string of the molecule is C#C.C#C.O=c1[nH]c2cc(F)c(-c3ccc(N4CCCC4)cc3)c(F)c2[nH]1.OC[C@@H]1CCCCO1. The van der Waals surface area contributed by atoms with Gasteiger partial charge in [-0.1, -0.05) is 12.1 Å². The first-order valence-corrected chi connectivity index (χ1v) is 11.4. The van der Waals surface area contributed by atoms with Crippen LogP contribution < -0.4 is 10.6 Å². The van der Waals surface area contributed by atoms with Crippen LogP contribution in [0.25, 0.3) is 22.2 Å². The van der Waals surface area contributed by atoms with Gasteiger partial charge in [0.2, 0.25) is 0 Å². The lowest BCUT2D eigenvalue weighted by atomic mass is 10.0. The molecular weight excluding hydrogens is 452 g/mol. The highest BCUT2D eigenvalue weighted by atomic mass is 19.1. The number of benzene rings is 2. The maximum atomic E-state index is 14.6. The van der Waals surface area contributed by atoms with E-state index >= 15 is 0 Å². The van der Waals surface area contributed by atoms with Crippen LogP contribution in [0.15, 0.2) is 35.1 Å². The van der Waals surface area contributed by atoms with Crippen LogP contribution in [0.3, 0.4) is 0 Å². The van der Waals surface area contributed by atoms with Gasteiger partial charge in [-0.15, -0.1) is 25.7 Å². The number of nitrogens with zero attached hydrogens (tertiary/aromatic N) is 1. The van der Waals surface area contributed by atoms with Crippen molar-refractivity contribution in [2.75, 3.05) is 31.2 Å². The predicted octanol–water partition coefficient (Wildman–Crippen LogP) is 4.45. The molecule has 35 heavy (non-hydrogen) atoms. The molecule has 1 atom stereocenters. The number of fused-ring (bicyclic) bond motifs is 1. The zero-order valence-corrected chi connectivity index (χ0v) is 19.6. The van der Waals surface area contributed by atoms with E-state index in [0.29, 0.717) is 5.56 Å². The number of aliphatic hydroxyl groups excluding tert-OH is 1. The highest BCUT2D eigenvalue weighted by Gasteiger charge is 2.18. The van der Waals surface area contributed by atoms with E-state index in [9.17, 15) is 13.6 Å². The van der Waals surface area contributed by atoms with Gasteiger partial charge in [-0.2, -0.15) is 0 Å². The Hall–Kier alpha value is -3.59. The van der Waals surface area contributed by atoms with Crippen molar-refractivity contribution in [3.63, 3.8) is 0 Å². The van der Waals surface area contributed by atoms with E-state index in [1.165, 1.54) is 19.3 Å². The van der Waals surface area contributed by atoms with E-state index in [1.807, 2.05) is 12.1 Å². The highest BCUT2D eigenvalue weighted by molar-refractivity contribution is 5.83. The minimum Gasteiger partial charge on any atom is -0.394 e. The standard InChI is InChI=1S/C17H15F2N3O.C6H12O2.2C2H2/c18-12-9-13-16(21-17(23)20-13)15(19)14(12)10-3-5-11(6-4-10)22-7-1-2-8-22;7-5-6-3-1-2-4-8-6;2*1-2/h3-6,9H,1-2,7-8H2,(H2,20,21,23);6-7H,1-5H2;2*1-2H/t;6-;;/m.0../s1. The topological polar surface area (TPSA) is 81.4 Å². The van der Waals surface area contributed by atoms with E-state index in [0.717, 1.165) is 44.3 Å². The van der Waals surface area contributed by atoms with Crippen molar-refractivity contribution < 1.29 is 18.6 Å². The van der Waals surface area contributed by atoms with Crippen molar-refractivity contribution in [2.45, 2.75) is 38.2 Å². The van der Waals surface area contributed by atoms with Gasteiger partial charge in [0, 0.05) is 31.5 Å². The lowest BCUT2D eigenvalue weighted by molar-refractivity contribution is -0.0172. The van der Waals surface area contributed by atoms with Crippen molar-refractivity contribution in [3.8, 4) is 36.8 Å². The van der Waals surface area contributed by atoms with Gasteiger partial charge in [0.25, 0.3) is 0 Å². The Labute approximate surface area is 204 Å². The molecule has 1 aromatic heterocycles. The number of H-pyrrole nitrogens is 2. The molecule has 2 aliphatic heterocycles.